The number of hydrogen-bond donors (Lipinski definition) is 2. The van der Waals surface area contributed by atoms with E-state index in [2.05, 4.69) is 6.58 Å². The summed E-state index contributed by atoms with van der Waals surface area (Å²) in [7, 11) is 0. The molecule has 1 heterocycles. The molecule has 0 bridgehead atoms. The smallest absolute Gasteiger partial charge is 0.543 e. The number of carboxylic acid groups (broad SMARTS) is 2. The Hall–Kier alpha value is -1.00. The standard InChI is InChI=1S/C9H8N2O6.K/c1-2-3-11-5(8(15)16)4(7(13)14)6(12)10-9(11)17;/h2H,1,3H2,(H,13,14)(H,15,16)(H,10,12,17);/q;+1/p-1. The van der Waals surface area contributed by atoms with E-state index in [0.29, 0.717) is 4.57 Å². The molecule has 0 saturated carbocycles. The quantitative estimate of drug-likeness (QED) is 0.418. The third-order valence-electron chi connectivity index (χ3n) is 1.92. The number of allylic oxidation sites excluding steroid dienone is 1. The van der Waals surface area contributed by atoms with E-state index in [9.17, 15) is 24.3 Å². The minimum absolute atomic E-state index is 0. The molecule has 0 aliphatic heterocycles. The minimum Gasteiger partial charge on any atom is -0.543 e. The van der Waals surface area contributed by atoms with Crippen molar-refractivity contribution in [2.24, 2.45) is 0 Å². The van der Waals surface area contributed by atoms with Crippen molar-refractivity contribution in [2.45, 2.75) is 6.54 Å². The van der Waals surface area contributed by atoms with Crippen LogP contribution in [0.1, 0.15) is 20.8 Å². The number of aromatic carboxylic acids is 2. The molecule has 1 rings (SSSR count). The summed E-state index contributed by atoms with van der Waals surface area (Å²) < 4.78 is 0.549. The van der Waals surface area contributed by atoms with Gasteiger partial charge < -0.3 is 15.0 Å². The number of nitrogens with one attached hydrogen (secondary N) is 1. The Morgan fingerprint density at radius 1 is 1.44 bits per heavy atom. The van der Waals surface area contributed by atoms with E-state index in [0.717, 1.165) is 0 Å². The number of hydrogen-bond acceptors (Lipinski definition) is 5. The number of carbonyl (C=O) groups is 2. The summed E-state index contributed by atoms with van der Waals surface area (Å²) in [6, 6.07) is 0. The van der Waals surface area contributed by atoms with Crippen molar-refractivity contribution in [1.82, 2.24) is 9.55 Å². The molecule has 90 valence electrons. The largest absolute Gasteiger partial charge is 1.00 e. The molecule has 0 atom stereocenters. The van der Waals surface area contributed by atoms with Crippen molar-refractivity contribution in [2.75, 3.05) is 0 Å². The van der Waals surface area contributed by atoms with Crippen LogP contribution >= 0.6 is 0 Å². The van der Waals surface area contributed by atoms with E-state index < -0.39 is 34.4 Å². The number of rotatable bonds is 4. The molecule has 0 aromatic carbocycles. The minimum atomic E-state index is -1.92. The van der Waals surface area contributed by atoms with E-state index in [1.54, 1.807) is 4.98 Å². The molecule has 0 amide bonds. The van der Waals surface area contributed by atoms with Crippen LogP contribution in [-0.2, 0) is 6.54 Å². The second-order valence-corrected chi connectivity index (χ2v) is 2.97. The fourth-order valence-corrected chi connectivity index (χ4v) is 1.29. The summed E-state index contributed by atoms with van der Waals surface area (Å²) in [5.41, 5.74) is -4.36. The Balaban J connectivity index is 0.00000289. The molecule has 2 N–H and O–H groups in total. The maximum atomic E-state index is 11.3. The van der Waals surface area contributed by atoms with Gasteiger partial charge in [0.05, 0.1) is 11.7 Å². The number of H-pyrrole nitrogens is 1. The molecule has 18 heavy (non-hydrogen) atoms. The van der Waals surface area contributed by atoms with Gasteiger partial charge in [-0.1, -0.05) is 6.08 Å². The van der Waals surface area contributed by atoms with Crippen LogP contribution in [0.2, 0.25) is 0 Å². The Kier molecular flexibility index (Phi) is 6.42. The number of aromatic nitrogens is 2. The number of aromatic amines is 1. The molecule has 1 aromatic rings. The van der Waals surface area contributed by atoms with Crippen LogP contribution < -0.4 is 67.7 Å². The van der Waals surface area contributed by atoms with Gasteiger partial charge in [-0.25, -0.2) is 9.59 Å². The van der Waals surface area contributed by atoms with Crippen molar-refractivity contribution in [3.63, 3.8) is 0 Å². The van der Waals surface area contributed by atoms with E-state index in [-0.39, 0.29) is 57.9 Å². The summed E-state index contributed by atoms with van der Waals surface area (Å²) >= 11 is 0. The molecule has 0 unspecified atom stereocenters. The molecule has 8 nitrogen and oxygen atoms in total. The van der Waals surface area contributed by atoms with Gasteiger partial charge in [0.2, 0.25) is 0 Å². The summed E-state index contributed by atoms with van der Waals surface area (Å²) in [5, 5.41) is 19.5. The molecule has 0 aliphatic rings. The maximum Gasteiger partial charge on any atom is 1.00 e. The second kappa shape index (κ2) is 6.80. The third-order valence-corrected chi connectivity index (χ3v) is 1.92. The van der Waals surface area contributed by atoms with Crippen molar-refractivity contribution < 1.29 is 71.2 Å². The van der Waals surface area contributed by atoms with Crippen molar-refractivity contribution in [3.05, 3.63) is 44.8 Å². The van der Waals surface area contributed by atoms with Gasteiger partial charge >= 0.3 is 63.0 Å². The van der Waals surface area contributed by atoms with Crippen LogP contribution in [0, 0.1) is 0 Å². The SMILES string of the molecule is C=CCn1c(C(=O)[O-])c(C(=O)O)c(=O)[nH]c1=O.[K+]. The van der Waals surface area contributed by atoms with E-state index in [4.69, 9.17) is 5.11 Å². The summed E-state index contributed by atoms with van der Waals surface area (Å²) in [4.78, 5) is 45.8. The van der Waals surface area contributed by atoms with Gasteiger partial charge in [-0.2, -0.15) is 0 Å². The molecular formula is C9H7KN2O6. The van der Waals surface area contributed by atoms with Gasteiger partial charge in [-0.15, -0.1) is 6.58 Å². The zero-order valence-corrected chi connectivity index (χ0v) is 12.6. The average Bonchev–Trinajstić information content (AvgIpc) is 2.20. The van der Waals surface area contributed by atoms with Crippen LogP contribution in [0.5, 0.6) is 0 Å². The zero-order valence-electron chi connectivity index (χ0n) is 9.43. The predicted molar refractivity (Wildman–Crippen MR) is 52.8 cm³/mol. The first-order valence-electron chi connectivity index (χ1n) is 4.32. The van der Waals surface area contributed by atoms with Gasteiger partial charge in [0, 0.05) is 6.54 Å². The summed E-state index contributed by atoms with van der Waals surface area (Å²) in [5.74, 6) is -3.68. The first-order valence-corrected chi connectivity index (χ1v) is 4.32. The maximum absolute atomic E-state index is 11.3. The number of carboxylic acids is 2. The Bertz CT molecular complexity index is 614. The molecule has 0 saturated heterocycles. The molecule has 0 spiro atoms. The van der Waals surface area contributed by atoms with E-state index >= 15 is 0 Å². The normalized spacial score (nSPS) is 9.33. The molecular weight excluding hydrogens is 271 g/mol. The zero-order chi connectivity index (χ0) is 13.2. The van der Waals surface area contributed by atoms with E-state index in [1.165, 1.54) is 6.08 Å². The summed E-state index contributed by atoms with van der Waals surface area (Å²) in [6.07, 6.45) is 1.18. The molecule has 0 aliphatic carbocycles. The van der Waals surface area contributed by atoms with Crippen molar-refractivity contribution in [3.8, 4) is 0 Å². The topological polar surface area (TPSA) is 132 Å². The fraction of sp³-hybridized carbons (Fsp3) is 0.111. The van der Waals surface area contributed by atoms with Gasteiger partial charge in [0.15, 0.2) is 5.56 Å². The van der Waals surface area contributed by atoms with Gasteiger partial charge in [-0.05, 0) is 0 Å². The molecule has 0 radical (unpaired) electrons. The van der Waals surface area contributed by atoms with Crippen LogP contribution in [0.3, 0.4) is 0 Å². The van der Waals surface area contributed by atoms with Crippen LogP contribution in [0.15, 0.2) is 22.2 Å². The van der Waals surface area contributed by atoms with Gasteiger partial charge in [0.1, 0.15) is 0 Å². The predicted octanol–water partition coefficient (Wildman–Crippen LogP) is -5.21. The van der Waals surface area contributed by atoms with Crippen molar-refractivity contribution in [1.29, 1.82) is 0 Å². The van der Waals surface area contributed by atoms with E-state index in [1.807, 2.05) is 0 Å². The van der Waals surface area contributed by atoms with Crippen LogP contribution in [-0.4, -0.2) is 26.6 Å². The Labute approximate surface area is 142 Å². The first kappa shape index (κ1) is 17.0. The Morgan fingerprint density at radius 2 is 2.00 bits per heavy atom. The van der Waals surface area contributed by atoms with Gasteiger partial charge in [0.25, 0.3) is 5.56 Å². The number of nitrogens with zero attached hydrogens (tertiary/aromatic N) is 1. The third kappa shape index (κ3) is 3.26. The van der Waals surface area contributed by atoms with Crippen molar-refractivity contribution >= 4 is 11.9 Å². The average molecular weight is 278 g/mol. The monoisotopic (exact) mass is 278 g/mol. The Morgan fingerprint density at radius 3 is 2.39 bits per heavy atom. The fourth-order valence-electron chi connectivity index (χ4n) is 1.29. The molecule has 1 aromatic heterocycles. The summed E-state index contributed by atoms with van der Waals surface area (Å²) in [6.45, 7) is 3.02. The number of carbonyl (C=O) groups excluding carboxylic acids is 1. The van der Waals surface area contributed by atoms with Gasteiger partial charge in [-0.3, -0.25) is 14.3 Å². The molecule has 0 fully saturated rings. The first-order chi connectivity index (χ1) is 7.90. The molecule has 9 heteroatoms. The van der Waals surface area contributed by atoms with Crippen LogP contribution in [0.4, 0.5) is 0 Å². The second-order valence-electron chi connectivity index (χ2n) is 2.97. The van der Waals surface area contributed by atoms with Crippen LogP contribution in [0.25, 0.3) is 0 Å².